The Hall–Kier alpha value is -2.40. The third kappa shape index (κ3) is 4.37. The number of nitrogens with one attached hydrogen (secondary N) is 1. The SMILES string of the molecule is COc1ccc(C(CNC(=O)c2cccc(C)n2)N2CCCC2)cc1. The Morgan fingerprint density at radius 2 is 1.92 bits per heavy atom. The zero-order chi connectivity index (χ0) is 17.6. The first-order valence-electron chi connectivity index (χ1n) is 8.77. The number of aryl methyl sites for hydroxylation is 1. The maximum absolute atomic E-state index is 12.4. The number of carbonyl (C=O) groups is 1. The van der Waals surface area contributed by atoms with E-state index < -0.39 is 0 Å². The Morgan fingerprint density at radius 1 is 1.20 bits per heavy atom. The van der Waals surface area contributed by atoms with Crippen LogP contribution in [0.3, 0.4) is 0 Å². The van der Waals surface area contributed by atoms with Gasteiger partial charge in [0.2, 0.25) is 0 Å². The van der Waals surface area contributed by atoms with Crippen LogP contribution in [0, 0.1) is 6.92 Å². The number of hydrogen-bond donors (Lipinski definition) is 1. The number of aromatic nitrogens is 1. The summed E-state index contributed by atoms with van der Waals surface area (Å²) in [6.45, 7) is 4.59. The van der Waals surface area contributed by atoms with Crippen LogP contribution < -0.4 is 10.1 Å². The predicted octanol–water partition coefficient (Wildman–Crippen LogP) is 2.97. The summed E-state index contributed by atoms with van der Waals surface area (Å²) in [5.41, 5.74) is 2.51. The minimum absolute atomic E-state index is 0.124. The lowest BCUT2D eigenvalue weighted by Gasteiger charge is -2.28. The Balaban J connectivity index is 1.72. The predicted molar refractivity (Wildman–Crippen MR) is 97.8 cm³/mol. The molecule has 0 bridgehead atoms. The van der Waals surface area contributed by atoms with Crippen LogP contribution in [-0.2, 0) is 0 Å². The first kappa shape index (κ1) is 17.4. The number of pyridine rings is 1. The van der Waals surface area contributed by atoms with Gasteiger partial charge in [-0.1, -0.05) is 18.2 Å². The molecule has 3 rings (SSSR count). The van der Waals surface area contributed by atoms with Crippen molar-refractivity contribution in [1.82, 2.24) is 15.2 Å². The summed E-state index contributed by atoms with van der Waals surface area (Å²) in [4.78, 5) is 19.2. The van der Waals surface area contributed by atoms with E-state index in [2.05, 4.69) is 27.3 Å². The minimum atomic E-state index is -0.124. The molecule has 0 saturated carbocycles. The highest BCUT2D eigenvalue weighted by atomic mass is 16.5. The number of ether oxygens (including phenoxy) is 1. The van der Waals surface area contributed by atoms with Crippen molar-refractivity contribution in [3.63, 3.8) is 0 Å². The first-order chi connectivity index (χ1) is 12.2. The molecule has 1 aliphatic heterocycles. The summed E-state index contributed by atoms with van der Waals surface area (Å²) in [5.74, 6) is 0.721. The van der Waals surface area contributed by atoms with Gasteiger partial charge in [-0.05, 0) is 62.7 Å². The molecule has 1 fully saturated rings. The number of amides is 1. The molecule has 2 heterocycles. The van der Waals surface area contributed by atoms with Gasteiger partial charge >= 0.3 is 0 Å². The number of rotatable bonds is 6. The van der Waals surface area contributed by atoms with E-state index in [-0.39, 0.29) is 11.9 Å². The van der Waals surface area contributed by atoms with Gasteiger partial charge < -0.3 is 10.1 Å². The lowest BCUT2D eigenvalue weighted by Crippen LogP contribution is -2.37. The molecule has 5 heteroatoms. The van der Waals surface area contributed by atoms with Crippen molar-refractivity contribution in [2.45, 2.75) is 25.8 Å². The maximum atomic E-state index is 12.4. The highest BCUT2D eigenvalue weighted by molar-refractivity contribution is 5.92. The quantitative estimate of drug-likeness (QED) is 0.879. The van der Waals surface area contributed by atoms with Gasteiger partial charge in [-0.2, -0.15) is 0 Å². The van der Waals surface area contributed by atoms with Crippen molar-refractivity contribution in [3.8, 4) is 5.75 Å². The number of benzene rings is 1. The highest BCUT2D eigenvalue weighted by Gasteiger charge is 2.24. The third-order valence-electron chi connectivity index (χ3n) is 4.66. The van der Waals surface area contributed by atoms with E-state index in [1.54, 1.807) is 13.2 Å². The monoisotopic (exact) mass is 339 g/mol. The van der Waals surface area contributed by atoms with Crippen LogP contribution in [0.5, 0.6) is 5.75 Å². The van der Waals surface area contributed by atoms with Crippen molar-refractivity contribution >= 4 is 5.91 Å². The Morgan fingerprint density at radius 3 is 2.56 bits per heavy atom. The van der Waals surface area contributed by atoms with E-state index in [0.29, 0.717) is 12.2 Å². The van der Waals surface area contributed by atoms with Crippen LogP contribution in [0.2, 0.25) is 0 Å². The van der Waals surface area contributed by atoms with E-state index in [1.807, 2.05) is 31.2 Å². The Labute approximate surface area is 149 Å². The average molecular weight is 339 g/mol. The number of carbonyl (C=O) groups excluding carboxylic acids is 1. The van der Waals surface area contributed by atoms with Gasteiger partial charge in [0.25, 0.3) is 5.91 Å². The second kappa shape index (κ2) is 8.12. The first-order valence-corrected chi connectivity index (χ1v) is 8.77. The summed E-state index contributed by atoms with van der Waals surface area (Å²) in [6.07, 6.45) is 2.42. The fraction of sp³-hybridized carbons (Fsp3) is 0.400. The second-order valence-electron chi connectivity index (χ2n) is 6.41. The van der Waals surface area contributed by atoms with Crippen molar-refractivity contribution in [1.29, 1.82) is 0 Å². The molecule has 132 valence electrons. The zero-order valence-corrected chi connectivity index (χ0v) is 14.9. The average Bonchev–Trinajstić information content (AvgIpc) is 3.16. The number of likely N-dealkylation sites (tertiary alicyclic amines) is 1. The van der Waals surface area contributed by atoms with Crippen molar-refractivity contribution in [2.24, 2.45) is 0 Å². The smallest absolute Gasteiger partial charge is 0.269 e. The molecule has 2 aromatic rings. The van der Waals surface area contributed by atoms with Crippen molar-refractivity contribution in [2.75, 3.05) is 26.7 Å². The minimum Gasteiger partial charge on any atom is -0.497 e. The lowest BCUT2D eigenvalue weighted by molar-refractivity contribution is 0.0932. The van der Waals surface area contributed by atoms with Crippen molar-refractivity contribution in [3.05, 3.63) is 59.4 Å². The molecular weight excluding hydrogens is 314 g/mol. The second-order valence-corrected chi connectivity index (χ2v) is 6.41. The summed E-state index contributed by atoms with van der Waals surface area (Å²) in [7, 11) is 1.67. The highest BCUT2D eigenvalue weighted by Crippen LogP contribution is 2.26. The van der Waals surface area contributed by atoms with Crippen LogP contribution in [-0.4, -0.2) is 42.5 Å². The summed E-state index contributed by atoms with van der Waals surface area (Å²) >= 11 is 0. The van der Waals surface area contributed by atoms with Crippen LogP contribution in [0.15, 0.2) is 42.5 Å². The van der Waals surface area contributed by atoms with Crippen LogP contribution in [0.1, 0.15) is 40.6 Å². The molecule has 0 spiro atoms. The van der Waals surface area contributed by atoms with E-state index in [9.17, 15) is 4.79 Å². The molecule has 1 N–H and O–H groups in total. The molecular formula is C20H25N3O2. The fourth-order valence-corrected chi connectivity index (χ4v) is 3.29. The fourth-order valence-electron chi connectivity index (χ4n) is 3.29. The number of hydrogen-bond acceptors (Lipinski definition) is 4. The number of nitrogens with zero attached hydrogens (tertiary/aromatic N) is 2. The lowest BCUT2D eigenvalue weighted by atomic mass is 10.1. The normalized spacial score (nSPS) is 15.8. The van der Waals surface area contributed by atoms with E-state index in [4.69, 9.17) is 4.74 Å². The zero-order valence-electron chi connectivity index (χ0n) is 14.9. The molecule has 1 aromatic heterocycles. The van der Waals surface area contributed by atoms with Gasteiger partial charge in [0.1, 0.15) is 11.4 Å². The summed E-state index contributed by atoms with van der Waals surface area (Å²) < 4.78 is 5.25. The Kier molecular flexibility index (Phi) is 5.66. The molecule has 0 radical (unpaired) electrons. The van der Waals surface area contributed by atoms with Gasteiger partial charge in [-0.3, -0.25) is 9.69 Å². The van der Waals surface area contributed by atoms with Crippen LogP contribution in [0.4, 0.5) is 0 Å². The summed E-state index contributed by atoms with van der Waals surface area (Å²) in [5, 5.41) is 3.06. The topological polar surface area (TPSA) is 54.5 Å². The molecule has 1 atom stereocenters. The molecule has 5 nitrogen and oxygen atoms in total. The van der Waals surface area contributed by atoms with Gasteiger partial charge in [0.05, 0.1) is 13.2 Å². The van der Waals surface area contributed by atoms with Gasteiger partial charge in [0, 0.05) is 12.2 Å². The van der Waals surface area contributed by atoms with E-state index >= 15 is 0 Å². The van der Waals surface area contributed by atoms with Gasteiger partial charge in [0.15, 0.2) is 0 Å². The summed E-state index contributed by atoms with van der Waals surface area (Å²) in [6, 6.07) is 13.8. The molecule has 1 aromatic carbocycles. The van der Waals surface area contributed by atoms with E-state index in [1.165, 1.54) is 18.4 Å². The van der Waals surface area contributed by atoms with Gasteiger partial charge in [-0.25, -0.2) is 4.98 Å². The Bertz CT molecular complexity index is 709. The number of methoxy groups -OCH3 is 1. The molecule has 1 unspecified atom stereocenters. The molecule has 1 amide bonds. The standard InChI is InChI=1S/C20H25N3O2/c1-15-6-5-7-18(22-15)20(24)21-14-19(23-12-3-4-13-23)16-8-10-17(25-2)11-9-16/h5-11,19H,3-4,12-14H2,1-2H3,(H,21,24). The molecule has 1 saturated heterocycles. The van der Waals surface area contributed by atoms with Crippen LogP contribution >= 0.6 is 0 Å². The van der Waals surface area contributed by atoms with Crippen molar-refractivity contribution < 1.29 is 9.53 Å². The largest absolute Gasteiger partial charge is 0.497 e. The molecule has 25 heavy (non-hydrogen) atoms. The van der Waals surface area contributed by atoms with E-state index in [0.717, 1.165) is 24.5 Å². The molecule has 1 aliphatic rings. The molecule has 0 aliphatic carbocycles. The van der Waals surface area contributed by atoms with Crippen LogP contribution in [0.25, 0.3) is 0 Å². The van der Waals surface area contributed by atoms with Gasteiger partial charge in [-0.15, -0.1) is 0 Å². The third-order valence-corrected chi connectivity index (χ3v) is 4.66. The maximum Gasteiger partial charge on any atom is 0.269 e.